The molecule has 0 aromatic carbocycles. The van der Waals surface area contributed by atoms with E-state index in [1.807, 2.05) is 11.8 Å². The van der Waals surface area contributed by atoms with Gasteiger partial charge in [0.05, 0.1) is 32.5 Å². The zero-order valence-corrected chi connectivity index (χ0v) is 12.8. The molecule has 2 rings (SSSR count). The van der Waals surface area contributed by atoms with E-state index in [9.17, 15) is 4.79 Å². The first kappa shape index (κ1) is 16.3. The molecule has 2 aliphatic rings. The van der Waals surface area contributed by atoms with Crippen molar-refractivity contribution in [2.24, 2.45) is 0 Å². The molecule has 0 aliphatic carbocycles. The van der Waals surface area contributed by atoms with Crippen LogP contribution in [-0.2, 0) is 14.2 Å². The van der Waals surface area contributed by atoms with Crippen molar-refractivity contribution in [3.05, 3.63) is 12.7 Å². The Morgan fingerprint density at radius 1 is 1.62 bits per heavy atom. The van der Waals surface area contributed by atoms with E-state index in [1.54, 1.807) is 6.08 Å². The largest absolute Gasteiger partial charge is 0.378 e. The SMILES string of the molecule is C=CCOCCNC(=O)N1C[C@H](C)O[C@@]2(CCCOC2)C1. The minimum Gasteiger partial charge on any atom is -0.378 e. The van der Waals surface area contributed by atoms with Crippen molar-refractivity contribution in [2.45, 2.75) is 31.5 Å². The number of carbonyl (C=O) groups is 1. The van der Waals surface area contributed by atoms with Gasteiger partial charge in [-0.2, -0.15) is 0 Å². The lowest BCUT2D eigenvalue weighted by Gasteiger charge is -2.47. The maximum absolute atomic E-state index is 12.2. The lowest BCUT2D eigenvalue weighted by atomic mass is 9.93. The molecule has 0 aromatic rings. The van der Waals surface area contributed by atoms with Gasteiger partial charge in [-0.3, -0.25) is 0 Å². The first-order valence-electron chi connectivity index (χ1n) is 7.62. The standard InChI is InChI=1S/C15H26N2O4/c1-3-7-19-9-6-16-14(18)17-10-13(2)21-15(11-17)5-4-8-20-12-15/h3,13H,1,4-12H2,2H3,(H,16,18)/t13-,15-/m0/s1. The highest BCUT2D eigenvalue weighted by Gasteiger charge is 2.42. The predicted molar refractivity (Wildman–Crippen MR) is 79.3 cm³/mol. The Morgan fingerprint density at radius 2 is 2.48 bits per heavy atom. The summed E-state index contributed by atoms with van der Waals surface area (Å²) in [6.45, 7) is 9.64. The van der Waals surface area contributed by atoms with Gasteiger partial charge < -0.3 is 24.4 Å². The van der Waals surface area contributed by atoms with Gasteiger partial charge in [-0.25, -0.2) is 4.79 Å². The fraction of sp³-hybridized carbons (Fsp3) is 0.800. The number of hydrogen-bond donors (Lipinski definition) is 1. The molecule has 0 aromatic heterocycles. The van der Waals surface area contributed by atoms with E-state index in [-0.39, 0.29) is 17.7 Å². The Morgan fingerprint density at radius 3 is 3.19 bits per heavy atom. The molecule has 2 amide bonds. The van der Waals surface area contributed by atoms with Crippen LogP contribution in [0.15, 0.2) is 12.7 Å². The number of urea groups is 1. The van der Waals surface area contributed by atoms with Crippen molar-refractivity contribution in [2.75, 3.05) is 46.1 Å². The van der Waals surface area contributed by atoms with E-state index in [1.165, 1.54) is 0 Å². The van der Waals surface area contributed by atoms with Crippen LogP contribution in [0.3, 0.4) is 0 Å². The molecule has 0 unspecified atom stereocenters. The van der Waals surface area contributed by atoms with Crippen LogP contribution in [0.25, 0.3) is 0 Å². The van der Waals surface area contributed by atoms with E-state index in [0.29, 0.717) is 39.5 Å². The maximum atomic E-state index is 12.2. The van der Waals surface area contributed by atoms with E-state index in [4.69, 9.17) is 14.2 Å². The van der Waals surface area contributed by atoms with Crippen LogP contribution in [0.1, 0.15) is 19.8 Å². The van der Waals surface area contributed by atoms with Gasteiger partial charge in [0.2, 0.25) is 0 Å². The van der Waals surface area contributed by atoms with Gasteiger partial charge in [0, 0.05) is 19.7 Å². The summed E-state index contributed by atoms with van der Waals surface area (Å²) >= 11 is 0. The monoisotopic (exact) mass is 298 g/mol. The van der Waals surface area contributed by atoms with Crippen molar-refractivity contribution in [1.82, 2.24) is 10.2 Å². The van der Waals surface area contributed by atoms with Crippen molar-refractivity contribution in [3.8, 4) is 0 Å². The van der Waals surface area contributed by atoms with Gasteiger partial charge in [0.1, 0.15) is 5.60 Å². The van der Waals surface area contributed by atoms with Crippen LogP contribution in [-0.4, -0.2) is 68.7 Å². The number of nitrogens with one attached hydrogen (secondary N) is 1. The van der Waals surface area contributed by atoms with E-state index in [0.717, 1.165) is 19.4 Å². The highest BCUT2D eigenvalue weighted by atomic mass is 16.6. The summed E-state index contributed by atoms with van der Waals surface area (Å²) in [7, 11) is 0. The van der Waals surface area contributed by atoms with Gasteiger partial charge in [-0.05, 0) is 19.8 Å². The number of carbonyl (C=O) groups excluding carboxylic acids is 1. The molecule has 0 radical (unpaired) electrons. The van der Waals surface area contributed by atoms with E-state index >= 15 is 0 Å². The molecule has 0 saturated carbocycles. The summed E-state index contributed by atoms with van der Waals surface area (Å²) in [6.07, 6.45) is 3.66. The zero-order chi connectivity index (χ0) is 15.1. The highest BCUT2D eigenvalue weighted by Crippen LogP contribution is 2.29. The maximum Gasteiger partial charge on any atom is 0.317 e. The summed E-state index contributed by atoms with van der Waals surface area (Å²) in [6, 6.07) is -0.0581. The fourth-order valence-electron chi connectivity index (χ4n) is 2.93. The average molecular weight is 298 g/mol. The molecule has 0 bridgehead atoms. The normalized spacial score (nSPS) is 29.4. The molecule has 1 spiro atoms. The van der Waals surface area contributed by atoms with Gasteiger partial charge in [-0.15, -0.1) is 6.58 Å². The molecule has 2 aliphatic heterocycles. The van der Waals surface area contributed by atoms with Crippen molar-refractivity contribution in [1.29, 1.82) is 0 Å². The smallest absolute Gasteiger partial charge is 0.317 e. The van der Waals surface area contributed by atoms with Crippen LogP contribution in [0.5, 0.6) is 0 Å². The summed E-state index contributed by atoms with van der Waals surface area (Å²) in [4.78, 5) is 14.1. The topological polar surface area (TPSA) is 60.0 Å². The second kappa shape index (κ2) is 7.77. The van der Waals surface area contributed by atoms with E-state index in [2.05, 4.69) is 11.9 Å². The third-order valence-corrected chi connectivity index (χ3v) is 3.74. The second-order valence-corrected chi connectivity index (χ2v) is 5.74. The molecule has 120 valence electrons. The molecule has 2 saturated heterocycles. The predicted octanol–water partition coefficient (Wildman–Crippen LogP) is 1.17. The number of ether oxygens (including phenoxy) is 3. The molecular formula is C15H26N2O4. The Balaban J connectivity index is 1.80. The minimum absolute atomic E-state index is 0.0308. The number of hydrogen-bond acceptors (Lipinski definition) is 4. The summed E-state index contributed by atoms with van der Waals surface area (Å²) in [5.74, 6) is 0. The first-order valence-corrected chi connectivity index (χ1v) is 7.62. The third-order valence-electron chi connectivity index (χ3n) is 3.74. The zero-order valence-electron chi connectivity index (χ0n) is 12.8. The van der Waals surface area contributed by atoms with Gasteiger partial charge >= 0.3 is 6.03 Å². The summed E-state index contributed by atoms with van der Waals surface area (Å²) < 4.78 is 16.9. The Bertz CT molecular complexity index is 356. The van der Waals surface area contributed by atoms with Crippen LogP contribution in [0, 0.1) is 0 Å². The summed E-state index contributed by atoms with van der Waals surface area (Å²) in [5, 5.41) is 2.89. The lowest BCUT2D eigenvalue weighted by Crippen LogP contribution is -2.61. The van der Waals surface area contributed by atoms with Crippen molar-refractivity contribution < 1.29 is 19.0 Å². The number of morpholine rings is 1. The molecule has 21 heavy (non-hydrogen) atoms. The molecule has 2 fully saturated rings. The number of nitrogens with zero attached hydrogens (tertiary/aromatic N) is 1. The third kappa shape index (κ3) is 4.69. The molecule has 6 heteroatoms. The van der Waals surface area contributed by atoms with Gasteiger partial charge in [0.25, 0.3) is 0 Å². The Labute approximate surface area is 126 Å². The van der Waals surface area contributed by atoms with Gasteiger partial charge in [-0.1, -0.05) is 6.08 Å². The fourth-order valence-corrected chi connectivity index (χ4v) is 2.93. The van der Waals surface area contributed by atoms with Crippen LogP contribution in [0.2, 0.25) is 0 Å². The first-order chi connectivity index (χ1) is 10.2. The number of rotatable bonds is 5. The van der Waals surface area contributed by atoms with Crippen molar-refractivity contribution in [3.63, 3.8) is 0 Å². The molecule has 6 nitrogen and oxygen atoms in total. The van der Waals surface area contributed by atoms with E-state index < -0.39 is 0 Å². The quantitative estimate of drug-likeness (QED) is 0.611. The minimum atomic E-state index is -0.327. The lowest BCUT2D eigenvalue weighted by molar-refractivity contribution is -0.188. The molecule has 2 heterocycles. The van der Waals surface area contributed by atoms with Crippen LogP contribution < -0.4 is 5.32 Å². The highest BCUT2D eigenvalue weighted by molar-refractivity contribution is 5.74. The molecular weight excluding hydrogens is 272 g/mol. The van der Waals surface area contributed by atoms with Crippen molar-refractivity contribution >= 4 is 6.03 Å². The Hall–Kier alpha value is -1.11. The number of amides is 2. The Kier molecular flexibility index (Phi) is 6.02. The van der Waals surface area contributed by atoms with Gasteiger partial charge in [0.15, 0.2) is 0 Å². The van der Waals surface area contributed by atoms with Crippen LogP contribution in [0.4, 0.5) is 4.79 Å². The molecule has 1 N–H and O–H groups in total. The summed E-state index contributed by atoms with van der Waals surface area (Å²) in [5.41, 5.74) is -0.327. The molecule has 2 atom stereocenters. The average Bonchev–Trinajstić information content (AvgIpc) is 2.46. The van der Waals surface area contributed by atoms with Crippen LogP contribution >= 0.6 is 0 Å². The second-order valence-electron chi connectivity index (χ2n) is 5.74.